The molecule has 0 bridgehead atoms. The average molecular weight is 448 g/mol. The number of aryl methyl sites for hydroxylation is 2. The fourth-order valence-corrected chi connectivity index (χ4v) is 3.77. The van der Waals surface area contributed by atoms with Gasteiger partial charge in [0.2, 0.25) is 5.95 Å². The van der Waals surface area contributed by atoms with Gasteiger partial charge >= 0.3 is 0 Å². The van der Waals surface area contributed by atoms with Crippen LogP contribution >= 0.6 is 0 Å². The molecule has 3 aromatic rings. The van der Waals surface area contributed by atoms with Gasteiger partial charge in [0.05, 0.1) is 14.2 Å². The first-order valence-electron chi connectivity index (χ1n) is 10.9. The van der Waals surface area contributed by atoms with E-state index in [0.717, 1.165) is 17.2 Å². The zero-order chi connectivity index (χ0) is 23.4. The van der Waals surface area contributed by atoms with E-state index in [1.165, 1.54) is 5.56 Å². The summed E-state index contributed by atoms with van der Waals surface area (Å²) in [6, 6.07) is 15.4. The molecule has 0 unspecified atom stereocenters. The molecule has 1 amide bonds. The number of amides is 1. The van der Waals surface area contributed by atoms with E-state index in [0.29, 0.717) is 49.2 Å². The largest absolute Gasteiger partial charge is 0.497 e. The Morgan fingerprint density at radius 1 is 0.879 bits per heavy atom. The van der Waals surface area contributed by atoms with Crippen molar-refractivity contribution >= 4 is 23.4 Å². The molecular weight excluding hydrogens is 418 g/mol. The molecule has 1 aliphatic heterocycles. The van der Waals surface area contributed by atoms with Crippen molar-refractivity contribution in [3.05, 3.63) is 65.4 Å². The fourth-order valence-electron chi connectivity index (χ4n) is 3.77. The number of methoxy groups -OCH3 is 2. The van der Waals surface area contributed by atoms with Crippen LogP contribution < -0.4 is 19.7 Å². The Balaban J connectivity index is 1.44. The Bertz CT molecular complexity index is 1100. The summed E-state index contributed by atoms with van der Waals surface area (Å²) < 4.78 is 10.6. The first-order chi connectivity index (χ1) is 15.9. The van der Waals surface area contributed by atoms with Gasteiger partial charge in [0.1, 0.15) is 17.3 Å². The third kappa shape index (κ3) is 5.34. The lowest BCUT2D eigenvalue weighted by Gasteiger charge is -2.35. The first-order valence-corrected chi connectivity index (χ1v) is 10.9. The molecule has 1 saturated heterocycles. The summed E-state index contributed by atoms with van der Waals surface area (Å²) in [5, 5.41) is 3.36. The Labute approximate surface area is 194 Å². The number of ether oxygens (including phenoxy) is 2. The third-order valence-corrected chi connectivity index (χ3v) is 5.61. The number of aromatic nitrogens is 2. The summed E-state index contributed by atoms with van der Waals surface area (Å²) in [5.41, 5.74) is 3.63. The van der Waals surface area contributed by atoms with E-state index in [9.17, 15) is 4.79 Å². The van der Waals surface area contributed by atoms with Crippen LogP contribution in [0.5, 0.6) is 11.5 Å². The number of hydrogen-bond acceptors (Lipinski definition) is 7. The third-order valence-electron chi connectivity index (χ3n) is 5.61. The van der Waals surface area contributed by atoms with Crippen LogP contribution in [0.3, 0.4) is 0 Å². The van der Waals surface area contributed by atoms with E-state index in [1.54, 1.807) is 32.4 Å². The quantitative estimate of drug-likeness (QED) is 0.615. The molecule has 33 heavy (non-hydrogen) atoms. The maximum absolute atomic E-state index is 13.1. The summed E-state index contributed by atoms with van der Waals surface area (Å²) >= 11 is 0. The van der Waals surface area contributed by atoms with Gasteiger partial charge < -0.3 is 24.6 Å². The van der Waals surface area contributed by atoms with Crippen molar-refractivity contribution in [2.24, 2.45) is 0 Å². The summed E-state index contributed by atoms with van der Waals surface area (Å²) in [7, 11) is 3.15. The van der Waals surface area contributed by atoms with Crippen molar-refractivity contribution in [3.63, 3.8) is 0 Å². The zero-order valence-electron chi connectivity index (χ0n) is 19.5. The van der Waals surface area contributed by atoms with Gasteiger partial charge in [0.15, 0.2) is 0 Å². The molecule has 8 heteroatoms. The number of nitrogens with zero attached hydrogens (tertiary/aromatic N) is 4. The van der Waals surface area contributed by atoms with E-state index in [2.05, 4.69) is 34.3 Å². The van der Waals surface area contributed by atoms with Crippen LogP contribution in [0, 0.1) is 13.8 Å². The molecule has 1 aliphatic rings. The second kappa shape index (κ2) is 9.77. The van der Waals surface area contributed by atoms with Crippen molar-refractivity contribution in [2.45, 2.75) is 13.8 Å². The molecule has 0 saturated carbocycles. The number of benzene rings is 2. The highest BCUT2D eigenvalue weighted by molar-refractivity contribution is 5.95. The number of hydrogen-bond donors (Lipinski definition) is 1. The summed E-state index contributed by atoms with van der Waals surface area (Å²) in [6.07, 6.45) is 0. The Kier molecular flexibility index (Phi) is 6.63. The molecule has 0 atom stereocenters. The van der Waals surface area contributed by atoms with Crippen molar-refractivity contribution in [2.75, 3.05) is 50.6 Å². The average Bonchev–Trinajstić information content (AvgIpc) is 2.84. The van der Waals surface area contributed by atoms with Crippen LogP contribution in [0.15, 0.2) is 48.5 Å². The van der Waals surface area contributed by atoms with Gasteiger partial charge in [-0.05, 0) is 38.1 Å². The van der Waals surface area contributed by atoms with Crippen LogP contribution in [0.25, 0.3) is 0 Å². The van der Waals surface area contributed by atoms with Crippen LogP contribution in [0.4, 0.5) is 17.5 Å². The fraction of sp³-hybridized carbons (Fsp3) is 0.320. The van der Waals surface area contributed by atoms with Crippen molar-refractivity contribution in [1.29, 1.82) is 0 Å². The predicted molar refractivity (Wildman–Crippen MR) is 129 cm³/mol. The molecule has 0 aliphatic carbocycles. The van der Waals surface area contributed by atoms with E-state index < -0.39 is 0 Å². The summed E-state index contributed by atoms with van der Waals surface area (Å²) in [4.78, 5) is 26.4. The predicted octanol–water partition coefficient (Wildman–Crippen LogP) is 3.82. The first kappa shape index (κ1) is 22.4. The molecule has 8 nitrogen and oxygen atoms in total. The second-order valence-corrected chi connectivity index (χ2v) is 8.07. The smallest absolute Gasteiger partial charge is 0.254 e. The molecular formula is C25H29N5O3. The Morgan fingerprint density at radius 2 is 1.52 bits per heavy atom. The monoisotopic (exact) mass is 447 g/mol. The molecule has 2 aromatic carbocycles. The number of carbonyl (C=O) groups is 1. The lowest BCUT2D eigenvalue weighted by molar-refractivity contribution is 0.0745. The highest BCUT2D eigenvalue weighted by Crippen LogP contribution is 2.25. The molecule has 0 radical (unpaired) electrons. The van der Waals surface area contributed by atoms with Crippen molar-refractivity contribution in [3.8, 4) is 11.5 Å². The van der Waals surface area contributed by atoms with Gasteiger partial charge in [0.25, 0.3) is 5.91 Å². The highest BCUT2D eigenvalue weighted by Gasteiger charge is 2.24. The number of nitrogens with one attached hydrogen (secondary N) is 1. The van der Waals surface area contributed by atoms with Crippen LogP contribution in [0.2, 0.25) is 0 Å². The van der Waals surface area contributed by atoms with Gasteiger partial charge in [-0.15, -0.1) is 0 Å². The maximum Gasteiger partial charge on any atom is 0.254 e. The van der Waals surface area contributed by atoms with Crippen molar-refractivity contribution < 1.29 is 14.3 Å². The number of anilines is 3. The minimum Gasteiger partial charge on any atom is -0.497 e. The molecule has 1 fully saturated rings. The van der Waals surface area contributed by atoms with Gasteiger partial charge in [-0.3, -0.25) is 4.79 Å². The Hall–Kier alpha value is -3.81. The van der Waals surface area contributed by atoms with Crippen LogP contribution in [0.1, 0.15) is 21.6 Å². The lowest BCUT2D eigenvalue weighted by atomic mass is 10.1. The summed E-state index contributed by atoms with van der Waals surface area (Å²) in [5.74, 6) is 2.57. The topological polar surface area (TPSA) is 79.8 Å². The van der Waals surface area contributed by atoms with E-state index >= 15 is 0 Å². The molecule has 0 spiro atoms. The number of carbonyl (C=O) groups excluding carboxylic acids is 1. The van der Waals surface area contributed by atoms with Gasteiger partial charge in [0, 0.05) is 55.3 Å². The highest BCUT2D eigenvalue weighted by atomic mass is 16.5. The molecule has 172 valence electrons. The van der Waals surface area contributed by atoms with E-state index in [-0.39, 0.29) is 5.91 Å². The SMILES string of the molecule is COc1cc(OC)cc(C(=O)N2CCN(c3nc(C)cc(Nc4ccc(C)cc4)n3)CC2)c1. The van der Waals surface area contributed by atoms with Crippen LogP contribution in [-0.2, 0) is 0 Å². The van der Waals surface area contributed by atoms with Crippen LogP contribution in [-0.4, -0.2) is 61.2 Å². The molecule has 1 N–H and O–H groups in total. The van der Waals surface area contributed by atoms with Gasteiger partial charge in [-0.25, -0.2) is 4.98 Å². The molecule has 4 rings (SSSR count). The Morgan fingerprint density at radius 3 is 2.12 bits per heavy atom. The zero-order valence-corrected chi connectivity index (χ0v) is 19.5. The van der Waals surface area contributed by atoms with Gasteiger partial charge in [-0.2, -0.15) is 4.98 Å². The van der Waals surface area contributed by atoms with Gasteiger partial charge in [-0.1, -0.05) is 17.7 Å². The molecule has 2 heterocycles. The maximum atomic E-state index is 13.1. The number of piperazine rings is 1. The minimum absolute atomic E-state index is 0.0428. The normalized spacial score (nSPS) is 13.6. The molecule has 1 aromatic heterocycles. The lowest BCUT2D eigenvalue weighted by Crippen LogP contribution is -2.49. The van der Waals surface area contributed by atoms with E-state index in [1.807, 2.05) is 30.0 Å². The standard InChI is InChI=1S/C25H29N5O3/c1-17-5-7-20(8-6-17)27-23-13-18(2)26-25(28-23)30-11-9-29(10-12-30)24(31)19-14-21(32-3)16-22(15-19)33-4/h5-8,13-16H,9-12H2,1-4H3,(H,26,27,28). The second-order valence-electron chi connectivity index (χ2n) is 8.07. The number of rotatable bonds is 6. The van der Waals surface area contributed by atoms with E-state index in [4.69, 9.17) is 14.5 Å². The minimum atomic E-state index is -0.0428. The summed E-state index contributed by atoms with van der Waals surface area (Å²) in [6.45, 7) is 6.49. The van der Waals surface area contributed by atoms with Crippen molar-refractivity contribution in [1.82, 2.24) is 14.9 Å².